The largest absolute Gasteiger partial charge is 0.305 e. The number of nitro groups is 1. The summed E-state index contributed by atoms with van der Waals surface area (Å²) >= 11 is 17.2. The van der Waals surface area contributed by atoms with Crippen LogP contribution in [-0.4, -0.2) is 21.0 Å². The molecule has 0 aliphatic rings. The molecule has 0 atom stereocenters. The minimum Gasteiger partial charge on any atom is -0.305 e. The molecule has 2 aromatic rings. The summed E-state index contributed by atoms with van der Waals surface area (Å²) in [5, 5.41) is 20.3. The molecule has 0 fully saturated rings. The van der Waals surface area contributed by atoms with Crippen molar-refractivity contribution in [2.75, 3.05) is 5.32 Å². The molecule has 21 heavy (non-hydrogen) atoms. The van der Waals surface area contributed by atoms with Crippen molar-refractivity contribution in [3.05, 3.63) is 55.1 Å². The van der Waals surface area contributed by atoms with E-state index >= 15 is 0 Å². The summed E-state index contributed by atoms with van der Waals surface area (Å²) in [6.45, 7) is 0. The molecule has 1 N–H and O–H groups in total. The summed E-state index contributed by atoms with van der Waals surface area (Å²) in [5.41, 5.74) is -0.496. The van der Waals surface area contributed by atoms with E-state index < -0.39 is 10.8 Å². The van der Waals surface area contributed by atoms with Gasteiger partial charge in [-0.15, -0.1) is 10.2 Å². The van der Waals surface area contributed by atoms with Crippen LogP contribution in [0.15, 0.2) is 24.3 Å². The summed E-state index contributed by atoms with van der Waals surface area (Å²) in [6.07, 6.45) is 0. The quantitative estimate of drug-likeness (QED) is 0.675. The highest BCUT2D eigenvalue weighted by molar-refractivity contribution is 6.44. The number of carbonyl (C=O) groups is 1. The van der Waals surface area contributed by atoms with Gasteiger partial charge in [0.05, 0.1) is 20.5 Å². The van der Waals surface area contributed by atoms with Crippen molar-refractivity contribution in [2.45, 2.75) is 0 Å². The van der Waals surface area contributed by atoms with Gasteiger partial charge in [-0.2, -0.15) is 0 Å². The third-order valence-corrected chi connectivity index (χ3v) is 3.35. The van der Waals surface area contributed by atoms with E-state index in [-0.39, 0.29) is 32.3 Å². The van der Waals surface area contributed by atoms with Gasteiger partial charge in [-0.1, -0.05) is 34.8 Å². The van der Waals surface area contributed by atoms with Gasteiger partial charge in [0.25, 0.3) is 11.6 Å². The lowest BCUT2D eigenvalue weighted by Crippen LogP contribution is -2.14. The summed E-state index contributed by atoms with van der Waals surface area (Å²) < 4.78 is 0. The van der Waals surface area contributed by atoms with Crippen molar-refractivity contribution < 1.29 is 9.72 Å². The second kappa shape index (κ2) is 6.21. The van der Waals surface area contributed by atoms with E-state index in [2.05, 4.69) is 15.5 Å². The SMILES string of the molecule is O=C(Nc1ccc(Cl)nn1)c1cc([N+](=O)[O-])cc(Cl)c1Cl. The second-order valence-electron chi connectivity index (χ2n) is 3.74. The number of nitrogens with one attached hydrogen (secondary N) is 1. The van der Waals surface area contributed by atoms with Crippen molar-refractivity contribution in [2.24, 2.45) is 0 Å². The molecule has 0 spiro atoms. The monoisotopic (exact) mass is 346 g/mol. The van der Waals surface area contributed by atoms with Crippen molar-refractivity contribution in [1.29, 1.82) is 0 Å². The standard InChI is InChI=1S/C11H5Cl3N4O3/c12-7-4-5(18(20)21)3-6(10(7)14)11(19)15-9-2-1-8(13)16-17-9/h1-4H,(H,15,17,19). The van der Waals surface area contributed by atoms with Gasteiger partial charge in [0.1, 0.15) is 0 Å². The van der Waals surface area contributed by atoms with Crippen LogP contribution in [0.5, 0.6) is 0 Å². The predicted octanol–water partition coefficient (Wildman–Crippen LogP) is 3.60. The number of benzene rings is 1. The number of non-ortho nitro benzene ring substituents is 1. The molecule has 0 saturated heterocycles. The van der Waals surface area contributed by atoms with Gasteiger partial charge in [-0.05, 0) is 12.1 Å². The van der Waals surface area contributed by atoms with Crippen LogP contribution in [0.2, 0.25) is 15.2 Å². The van der Waals surface area contributed by atoms with Gasteiger partial charge in [-0.3, -0.25) is 14.9 Å². The zero-order valence-electron chi connectivity index (χ0n) is 10.0. The lowest BCUT2D eigenvalue weighted by Gasteiger charge is -2.07. The lowest BCUT2D eigenvalue weighted by molar-refractivity contribution is -0.384. The van der Waals surface area contributed by atoms with Crippen LogP contribution in [0.25, 0.3) is 0 Å². The van der Waals surface area contributed by atoms with Gasteiger partial charge in [0.15, 0.2) is 11.0 Å². The Morgan fingerprint density at radius 1 is 1.19 bits per heavy atom. The minimum atomic E-state index is -0.706. The van der Waals surface area contributed by atoms with Crippen molar-refractivity contribution >= 4 is 52.2 Å². The Hall–Kier alpha value is -1.96. The number of hydrogen-bond donors (Lipinski definition) is 1. The molecule has 1 aromatic heterocycles. The number of rotatable bonds is 3. The fourth-order valence-corrected chi connectivity index (χ4v) is 1.92. The molecule has 0 unspecified atom stereocenters. The maximum absolute atomic E-state index is 12.1. The van der Waals surface area contributed by atoms with Crippen LogP contribution in [0.1, 0.15) is 10.4 Å². The molecule has 0 saturated carbocycles. The molecule has 0 radical (unpaired) electrons. The predicted molar refractivity (Wildman–Crippen MR) is 78.1 cm³/mol. The molecule has 0 aliphatic carbocycles. The number of anilines is 1. The average molecular weight is 348 g/mol. The number of nitro benzene ring substituents is 1. The van der Waals surface area contributed by atoms with E-state index in [1.807, 2.05) is 0 Å². The third-order valence-electron chi connectivity index (χ3n) is 2.34. The Kier molecular flexibility index (Phi) is 4.56. The molecular formula is C11H5Cl3N4O3. The van der Waals surface area contributed by atoms with Crippen LogP contribution in [0.3, 0.4) is 0 Å². The number of amides is 1. The van der Waals surface area contributed by atoms with Crippen LogP contribution in [0, 0.1) is 10.1 Å². The Morgan fingerprint density at radius 2 is 1.90 bits per heavy atom. The highest BCUT2D eigenvalue weighted by Gasteiger charge is 2.19. The van der Waals surface area contributed by atoms with E-state index in [4.69, 9.17) is 34.8 Å². The first-order valence-electron chi connectivity index (χ1n) is 5.32. The fraction of sp³-hybridized carbons (Fsp3) is 0. The van der Waals surface area contributed by atoms with Gasteiger partial charge < -0.3 is 5.32 Å². The van der Waals surface area contributed by atoms with Crippen molar-refractivity contribution in [3.63, 3.8) is 0 Å². The Morgan fingerprint density at radius 3 is 2.48 bits per heavy atom. The first kappa shape index (κ1) is 15.4. The van der Waals surface area contributed by atoms with Crippen LogP contribution < -0.4 is 5.32 Å². The number of aromatic nitrogens is 2. The number of carbonyl (C=O) groups excluding carboxylic acids is 1. The Labute approximate surface area is 133 Å². The fourth-order valence-electron chi connectivity index (χ4n) is 1.41. The second-order valence-corrected chi connectivity index (χ2v) is 4.91. The topological polar surface area (TPSA) is 98.0 Å². The van der Waals surface area contributed by atoms with Gasteiger partial charge in [-0.25, -0.2) is 0 Å². The molecule has 10 heteroatoms. The molecule has 0 bridgehead atoms. The summed E-state index contributed by atoms with van der Waals surface area (Å²) in [7, 11) is 0. The van der Waals surface area contributed by atoms with E-state index in [1.54, 1.807) is 0 Å². The summed E-state index contributed by atoms with van der Waals surface area (Å²) in [5.74, 6) is -0.592. The molecule has 2 rings (SSSR count). The highest BCUT2D eigenvalue weighted by Crippen LogP contribution is 2.31. The normalized spacial score (nSPS) is 10.2. The molecule has 1 amide bonds. The van der Waals surface area contributed by atoms with Gasteiger partial charge in [0, 0.05) is 12.1 Å². The maximum atomic E-state index is 12.1. The van der Waals surface area contributed by atoms with Gasteiger partial charge in [0.2, 0.25) is 0 Å². The zero-order chi connectivity index (χ0) is 15.6. The molecule has 0 aliphatic heterocycles. The van der Waals surface area contributed by atoms with Gasteiger partial charge >= 0.3 is 0 Å². The molecule has 1 heterocycles. The van der Waals surface area contributed by atoms with Crippen LogP contribution in [0.4, 0.5) is 11.5 Å². The first-order valence-corrected chi connectivity index (χ1v) is 6.46. The summed E-state index contributed by atoms with van der Waals surface area (Å²) in [6, 6.07) is 4.92. The van der Waals surface area contributed by atoms with Crippen LogP contribution >= 0.6 is 34.8 Å². The minimum absolute atomic E-state index is 0.0957. The lowest BCUT2D eigenvalue weighted by atomic mass is 10.2. The van der Waals surface area contributed by atoms with Crippen molar-refractivity contribution in [1.82, 2.24) is 10.2 Å². The van der Waals surface area contributed by atoms with E-state index in [9.17, 15) is 14.9 Å². The van der Waals surface area contributed by atoms with E-state index in [0.717, 1.165) is 12.1 Å². The first-order chi connectivity index (χ1) is 9.88. The molecule has 108 valence electrons. The molecule has 7 nitrogen and oxygen atoms in total. The third kappa shape index (κ3) is 3.57. The number of nitrogens with zero attached hydrogens (tertiary/aromatic N) is 3. The smallest absolute Gasteiger partial charge is 0.271 e. The number of hydrogen-bond acceptors (Lipinski definition) is 5. The van der Waals surface area contributed by atoms with E-state index in [0.29, 0.717) is 0 Å². The maximum Gasteiger partial charge on any atom is 0.271 e. The van der Waals surface area contributed by atoms with E-state index in [1.165, 1.54) is 12.1 Å². The molecular weight excluding hydrogens is 343 g/mol. The van der Waals surface area contributed by atoms with Crippen LogP contribution in [-0.2, 0) is 0 Å². The molecule has 1 aromatic carbocycles. The summed E-state index contributed by atoms with van der Waals surface area (Å²) in [4.78, 5) is 22.2. The Bertz CT molecular complexity index is 721. The Balaban J connectivity index is 2.34. The van der Waals surface area contributed by atoms with Crippen molar-refractivity contribution in [3.8, 4) is 0 Å². The zero-order valence-corrected chi connectivity index (χ0v) is 12.3. The highest BCUT2D eigenvalue weighted by atomic mass is 35.5. The average Bonchev–Trinajstić information content (AvgIpc) is 2.43. The number of halogens is 3.